The third kappa shape index (κ3) is 8.92. The predicted octanol–water partition coefficient (Wildman–Crippen LogP) is 3.19. The molecule has 0 atom stereocenters. The van der Waals surface area contributed by atoms with Crippen molar-refractivity contribution < 1.29 is 60.1 Å². The largest absolute Gasteiger partial charge is 1.00 e. The molecule has 8 nitrogen and oxygen atoms in total. The Labute approximate surface area is 292 Å². The zero-order valence-corrected chi connectivity index (χ0v) is 31.3. The van der Waals surface area contributed by atoms with Gasteiger partial charge in [-0.05, 0) is 69.9 Å². The van der Waals surface area contributed by atoms with Crippen molar-refractivity contribution in [2.75, 3.05) is 29.5 Å². The van der Waals surface area contributed by atoms with Crippen molar-refractivity contribution in [3.8, 4) is 0 Å². The first-order valence-corrected chi connectivity index (χ1v) is 19.2. The molecule has 4 heterocycles. The van der Waals surface area contributed by atoms with Crippen molar-refractivity contribution in [3.05, 3.63) is 80.9 Å². The second-order valence-corrected chi connectivity index (χ2v) is 16.7. The second-order valence-electron chi connectivity index (χ2n) is 11.8. The molecule has 0 spiro atoms. The number of hydrogen-bond donors (Lipinski definition) is 0. The van der Waals surface area contributed by atoms with Gasteiger partial charge in [0.25, 0.3) is 0 Å². The van der Waals surface area contributed by atoms with Crippen LogP contribution in [0.4, 0.5) is 11.4 Å². The van der Waals surface area contributed by atoms with Crippen LogP contribution < -0.4 is 34.5 Å². The normalized spacial score (nSPS) is 18.7. The van der Waals surface area contributed by atoms with Gasteiger partial charge in [-0.2, -0.15) is 4.58 Å². The van der Waals surface area contributed by atoms with Gasteiger partial charge >= 0.3 is 29.6 Å². The summed E-state index contributed by atoms with van der Waals surface area (Å²) in [6, 6.07) is 4.19. The van der Waals surface area contributed by atoms with Crippen molar-refractivity contribution in [3.63, 3.8) is 0 Å². The van der Waals surface area contributed by atoms with E-state index in [-0.39, 0.29) is 51.9 Å². The van der Waals surface area contributed by atoms with Gasteiger partial charge in [0.05, 0.1) is 36.2 Å². The summed E-state index contributed by atoms with van der Waals surface area (Å²) in [6.45, 7) is 10.0. The van der Waals surface area contributed by atoms with Crippen LogP contribution in [0.25, 0.3) is 0 Å². The Morgan fingerprint density at radius 3 is 2.07 bits per heavy atom. The van der Waals surface area contributed by atoms with Gasteiger partial charge in [-0.3, -0.25) is 0 Å². The van der Waals surface area contributed by atoms with Gasteiger partial charge in [0.15, 0.2) is 5.71 Å². The number of anilines is 1. The molecule has 2 aromatic heterocycles. The molecule has 0 amide bonds. The molecule has 4 rings (SSSR count). The van der Waals surface area contributed by atoms with Gasteiger partial charge in [0.1, 0.15) is 6.54 Å². The minimum Gasteiger partial charge on any atom is -0.748 e. The SMILES string of the molecule is CC1(C)C(/C=C/C=C/C=C/C=C2\N(CCCCS(=O)(=O)[O-])c3ccsc3C2(C)C)=[N+](CCCCS(=O)(=O)[O-])c2ccsc21.[Na+]. The van der Waals surface area contributed by atoms with E-state index in [1.165, 1.54) is 9.75 Å². The predicted molar refractivity (Wildman–Crippen MR) is 175 cm³/mol. The number of thiophene rings is 2. The fraction of sp³-hybridized carbons (Fsp3) is 0.452. The zero-order chi connectivity index (χ0) is 31.5. The van der Waals surface area contributed by atoms with Gasteiger partial charge in [0.2, 0.25) is 5.69 Å². The first-order chi connectivity index (χ1) is 20.1. The molecule has 44 heavy (non-hydrogen) atoms. The van der Waals surface area contributed by atoms with Crippen molar-refractivity contribution in [1.82, 2.24) is 0 Å². The fourth-order valence-electron chi connectivity index (χ4n) is 5.79. The number of allylic oxidation sites excluding steroid dienone is 8. The number of unbranched alkanes of at least 4 members (excludes halogenated alkanes) is 2. The summed E-state index contributed by atoms with van der Waals surface area (Å²) in [7, 11) is -8.41. The number of hydrogen-bond acceptors (Lipinski definition) is 9. The minimum absolute atomic E-state index is 0. The molecular weight excluding hydrogens is 648 g/mol. The second kappa shape index (κ2) is 15.0. The van der Waals surface area contributed by atoms with E-state index in [2.05, 4.69) is 72.2 Å². The summed E-state index contributed by atoms with van der Waals surface area (Å²) >= 11 is 3.43. The Morgan fingerprint density at radius 2 is 1.39 bits per heavy atom. The Bertz CT molecular complexity index is 1690. The maximum absolute atomic E-state index is 11.0. The van der Waals surface area contributed by atoms with Crippen LogP contribution in [0, 0.1) is 0 Å². The molecule has 0 unspecified atom stereocenters. The maximum atomic E-state index is 11.0. The van der Waals surface area contributed by atoms with E-state index < -0.39 is 20.2 Å². The van der Waals surface area contributed by atoms with Gasteiger partial charge in [-0.25, -0.2) is 16.8 Å². The molecule has 0 saturated carbocycles. The van der Waals surface area contributed by atoms with Crippen molar-refractivity contribution in [1.29, 1.82) is 0 Å². The molecule has 13 heteroatoms. The van der Waals surface area contributed by atoms with Gasteiger partial charge in [0, 0.05) is 52.6 Å². The van der Waals surface area contributed by atoms with E-state index in [1.807, 2.05) is 30.4 Å². The zero-order valence-electron chi connectivity index (χ0n) is 26.0. The fourth-order valence-corrected chi connectivity index (χ4v) is 8.97. The number of fused-ring (bicyclic) bond motifs is 2. The molecule has 0 saturated heterocycles. The molecule has 2 aliphatic rings. The molecule has 0 aromatic carbocycles. The van der Waals surface area contributed by atoms with Crippen LogP contribution in [-0.2, 0) is 31.1 Å². The molecule has 2 aliphatic heterocycles. The van der Waals surface area contributed by atoms with E-state index >= 15 is 0 Å². The molecule has 0 radical (unpaired) electrons. The summed E-state index contributed by atoms with van der Waals surface area (Å²) in [5.74, 6) is -0.682. The summed E-state index contributed by atoms with van der Waals surface area (Å²) < 4.78 is 68.3. The average molecular weight is 687 g/mol. The summed E-state index contributed by atoms with van der Waals surface area (Å²) in [5.41, 5.74) is 4.18. The smallest absolute Gasteiger partial charge is 0.748 e. The van der Waals surface area contributed by atoms with E-state index in [0.29, 0.717) is 38.8 Å². The Kier molecular flexibility index (Phi) is 12.7. The van der Waals surface area contributed by atoms with Crippen molar-refractivity contribution >= 4 is 60.0 Å². The Morgan fingerprint density at radius 1 is 0.795 bits per heavy atom. The molecule has 2 aromatic rings. The minimum atomic E-state index is -4.21. The molecule has 234 valence electrons. The molecule has 0 fully saturated rings. The summed E-state index contributed by atoms with van der Waals surface area (Å²) in [4.78, 5) is 4.77. The van der Waals surface area contributed by atoms with Crippen molar-refractivity contribution in [2.45, 2.75) is 64.2 Å². The standard InChI is InChI=1S/C31H40N2O6S4.Na/c1-30(2)26(32(24-16-20-40-28(24)30)18-10-12-22-42(34,35)36)14-8-6-5-7-9-15-27-31(3,4)29-25(17-21-41-29)33(27)19-11-13-23-43(37,38)39;/h5-9,14-17,20-21H,10-13,18-19,22-23H2,1-4H3,(H-,34,35,36,37,38,39);/q;+1/p-1. The Balaban J connectivity index is 0.00000529. The molecule has 0 aliphatic carbocycles. The van der Waals surface area contributed by atoms with Crippen LogP contribution in [0.2, 0.25) is 0 Å². The third-order valence-electron chi connectivity index (χ3n) is 7.87. The molecule has 0 bridgehead atoms. The van der Waals surface area contributed by atoms with Crippen LogP contribution in [0.3, 0.4) is 0 Å². The van der Waals surface area contributed by atoms with E-state index in [0.717, 1.165) is 22.8 Å². The first kappa shape index (κ1) is 37.1. The molecular formula is C31H39N2NaO6S4. The first-order valence-electron chi connectivity index (χ1n) is 14.3. The quantitative estimate of drug-likeness (QED) is 0.0985. The number of rotatable bonds is 14. The summed E-state index contributed by atoms with van der Waals surface area (Å²) in [6.07, 6.45) is 16.0. The third-order valence-corrected chi connectivity index (χ3v) is 11.9. The van der Waals surface area contributed by atoms with E-state index in [1.54, 1.807) is 22.7 Å². The monoisotopic (exact) mass is 686 g/mol. The summed E-state index contributed by atoms with van der Waals surface area (Å²) in [5, 5.41) is 4.15. The number of nitrogens with zero attached hydrogens (tertiary/aromatic N) is 2. The molecule has 0 N–H and O–H groups in total. The van der Waals surface area contributed by atoms with E-state index in [9.17, 15) is 25.9 Å². The van der Waals surface area contributed by atoms with Crippen LogP contribution in [-0.4, -0.2) is 60.8 Å². The average Bonchev–Trinajstić information content (AvgIpc) is 3.64. The van der Waals surface area contributed by atoms with Crippen LogP contribution in [0.5, 0.6) is 0 Å². The van der Waals surface area contributed by atoms with E-state index in [4.69, 9.17) is 0 Å². The topological polar surface area (TPSA) is 121 Å². The van der Waals surface area contributed by atoms with Gasteiger partial charge < -0.3 is 14.0 Å². The van der Waals surface area contributed by atoms with Crippen LogP contribution in [0.1, 0.15) is 63.1 Å². The Hall–Kier alpha value is -1.35. The van der Waals surface area contributed by atoms with Crippen LogP contribution in [0.15, 0.2) is 71.1 Å². The van der Waals surface area contributed by atoms with Crippen LogP contribution >= 0.6 is 22.7 Å². The maximum Gasteiger partial charge on any atom is 1.00 e. The van der Waals surface area contributed by atoms with Crippen molar-refractivity contribution in [2.24, 2.45) is 0 Å². The van der Waals surface area contributed by atoms with Gasteiger partial charge in [-0.15, -0.1) is 22.7 Å². The van der Waals surface area contributed by atoms with Gasteiger partial charge in [-0.1, -0.05) is 30.4 Å².